The quantitative estimate of drug-likeness (QED) is 0.679. The molecular formula is C21H21N3O2S. The minimum atomic E-state index is -0.0907. The lowest BCUT2D eigenvalue weighted by atomic mass is 10.1. The van der Waals surface area contributed by atoms with Crippen LogP contribution < -0.4 is 10.6 Å². The van der Waals surface area contributed by atoms with Gasteiger partial charge in [0.25, 0.3) is 5.91 Å². The van der Waals surface area contributed by atoms with Gasteiger partial charge in [0.2, 0.25) is 5.91 Å². The maximum absolute atomic E-state index is 12.2. The molecule has 0 atom stereocenters. The van der Waals surface area contributed by atoms with Gasteiger partial charge in [-0.1, -0.05) is 17.7 Å². The van der Waals surface area contributed by atoms with Crippen molar-refractivity contribution in [2.24, 2.45) is 0 Å². The van der Waals surface area contributed by atoms with Crippen molar-refractivity contribution in [3.63, 3.8) is 0 Å². The monoisotopic (exact) mass is 379 g/mol. The lowest BCUT2D eigenvalue weighted by molar-refractivity contribution is -0.114. The predicted molar refractivity (Wildman–Crippen MR) is 109 cm³/mol. The Morgan fingerprint density at radius 3 is 2.59 bits per heavy atom. The van der Waals surface area contributed by atoms with Crippen LogP contribution >= 0.6 is 11.3 Å². The van der Waals surface area contributed by atoms with Crippen molar-refractivity contribution in [3.8, 4) is 10.6 Å². The highest BCUT2D eigenvalue weighted by molar-refractivity contribution is 7.13. The number of nitrogens with one attached hydrogen (secondary N) is 2. The molecule has 1 aromatic heterocycles. The number of carbonyl (C=O) groups excluding carboxylic acids is 2. The molecule has 3 aromatic rings. The third-order valence-corrected chi connectivity index (χ3v) is 4.89. The van der Waals surface area contributed by atoms with Crippen LogP contribution in [0.25, 0.3) is 10.6 Å². The van der Waals surface area contributed by atoms with Gasteiger partial charge in [-0.05, 0) is 43.3 Å². The molecule has 2 amide bonds. The van der Waals surface area contributed by atoms with Crippen molar-refractivity contribution in [1.29, 1.82) is 0 Å². The molecule has 5 nitrogen and oxygen atoms in total. The number of thiazole rings is 1. The molecule has 0 aliphatic rings. The minimum absolute atomic E-state index is 0.0669. The molecule has 138 valence electrons. The molecule has 0 saturated carbocycles. The fourth-order valence-corrected chi connectivity index (χ4v) is 3.51. The first-order chi connectivity index (χ1) is 13.0. The average molecular weight is 379 g/mol. The molecule has 0 radical (unpaired) electrons. The highest BCUT2D eigenvalue weighted by Crippen LogP contribution is 2.25. The van der Waals surface area contributed by atoms with Crippen LogP contribution in [-0.2, 0) is 11.2 Å². The molecule has 3 rings (SSSR count). The summed E-state index contributed by atoms with van der Waals surface area (Å²) in [5.41, 5.74) is 4.46. The van der Waals surface area contributed by atoms with E-state index in [1.165, 1.54) is 6.92 Å². The fourth-order valence-electron chi connectivity index (χ4n) is 2.65. The maximum Gasteiger partial charge on any atom is 0.251 e. The Balaban J connectivity index is 1.55. The molecule has 0 spiro atoms. The Labute approximate surface area is 162 Å². The number of hydrogen-bond acceptors (Lipinski definition) is 4. The molecule has 0 bridgehead atoms. The van der Waals surface area contributed by atoms with Crippen LogP contribution in [0.4, 0.5) is 5.69 Å². The summed E-state index contributed by atoms with van der Waals surface area (Å²) in [6, 6.07) is 15.1. The van der Waals surface area contributed by atoms with Gasteiger partial charge in [-0.3, -0.25) is 9.59 Å². The van der Waals surface area contributed by atoms with E-state index >= 15 is 0 Å². The largest absolute Gasteiger partial charge is 0.352 e. The summed E-state index contributed by atoms with van der Waals surface area (Å²) >= 11 is 1.57. The second-order valence-electron chi connectivity index (χ2n) is 6.28. The van der Waals surface area contributed by atoms with Crippen molar-refractivity contribution < 1.29 is 9.59 Å². The molecule has 0 saturated heterocycles. The number of benzene rings is 2. The second-order valence-corrected chi connectivity index (χ2v) is 7.14. The number of hydrogen-bond donors (Lipinski definition) is 2. The predicted octanol–water partition coefficient (Wildman–Crippen LogP) is 4.05. The topological polar surface area (TPSA) is 71.1 Å². The molecule has 1 heterocycles. The standard InChI is InChI=1S/C21H21N3O2S/c1-14-4-3-5-17(12-14)20(26)22-11-10-19-13-27-21(24-19)16-6-8-18(9-7-16)23-15(2)25/h3-9,12-13H,10-11H2,1-2H3,(H,22,26)(H,23,25). The van der Waals surface area contributed by atoms with Crippen LogP contribution in [0.2, 0.25) is 0 Å². The third kappa shape index (κ3) is 5.24. The first-order valence-corrected chi connectivity index (χ1v) is 9.56. The van der Waals surface area contributed by atoms with Crippen molar-refractivity contribution in [3.05, 3.63) is 70.7 Å². The highest BCUT2D eigenvalue weighted by Gasteiger charge is 2.08. The van der Waals surface area contributed by atoms with Crippen LogP contribution in [0.3, 0.4) is 0 Å². The van der Waals surface area contributed by atoms with Crippen molar-refractivity contribution in [1.82, 2.24) is 10.3 Å². The summed E-state index contributed by atoms with van der Waals surface area (Å²) in [4.78, 5) is 27.9. The Morgan fingerprint density at radius 1 is 1.11 bits per heavy atom. The average Bonchev–Trinajstić information content (AvgIpc) is 3.10. The van der Waals surface area contributed by atoms with Gasteiger partial charge < -0.3 is 10.6 Å². The number of aromatic nitrogens is 1. The number of anilines is 1. The number of carbonyl (C=O) groups is 2. The summed E-state index contributed by atoms with van der Waals surface area (Å²) in [5, 5.41) is 8.61. The van der Waals surface area contributed by atoms with Gasteiger partial charge in [0.15, 0.2) is 0 Å². The van der Waals surface area contributed by atoms with E-state index in [-0.39, 0.29) is 11.8 Å². The number of nitrogens with zero attached hydrogens (tertiary/aromatic N) is 1. The SMILES string of the molecule is CC(=O)Nc1ccc(-c2nc(CCNC(=O)c3cccc(C)c3)cs2)cc1. The highest BCUT2D eigenvalue weighted by atomic mass is 32.1. The van der Waals surface area contributed by atoms with E-state index in [4.69, 9.17) is 0 Å². The number of amides is 2. The molecular weight excluding hydrogens is 358 g/mol. The minimum Gasteiger partial charge on any atom is -0.352 e. The Morgan fingerprint density at radius 2 is 1.89 bits per heavy atom. The van der Waals surface area contributed by atoms with Crippen molar-refractivity contribution >= 4 is 28.8 Å². The Bertz CT molecular complexity index is 948. The molecule has 27 heavy (non-hydrogen) atoms. The Hall–Kier alpha value is -2.99. The second kappa shape index (κ2) is 8.60. The lowest BCUT2D eigenvalue weighted by Crippen LogP contribution is -2.25. The first-order valence-electron chi connectivity index (χ1n) is 8.68. The zero-order valence-electron chi connectivity index (χ0n) is 15.3. The van der Waals surface area contributed by atoms with E-state index in [0.717, 1.165) is 27.5 Å². The van der Waals surface area contributed by atoms with E-state index in [1.807, 2.05) is 60.8 Å². The number of aryl methyl sites for hydroxylation is 1. The van der Waals surface area contributed by atoms with Crippen molar-refractivity contribution in [2.75, 3.05) is 11.9 Å². The maximum atomic E-state index is 12.2. The lowest BCUT2D eigenvalue weighted by Gasteiger charge is -2.05. The molecule has 0 aliphatic heterocycles. The normalized spacial score (nSPS) is 10.4. The smallest absolute Gasteiger partial charge is 0.251 e. The number of rotatable bonds is 6. The van der Waals surface area contributed by atoms with Crippen LogP contribution in [0.15, 0.2) is 53.9 Å². The molecule has 0 aliphatic carbocycles. The summed E-state index contributed by atoms with van der Waals surface area (Å²) in [6.07, 6.45) is 0.679. The van der Waals surface area contributed by atoms with Crippen LogP contribution in [0.5, 0.6) is 0 Å². The summed E-state index contributed by atoms with van der Waals surface area (Å²) in [6.45, 7) is 3.99. The van der Waals surface area contributed by atoms with Crippen LogP contribution in [-0.4, -0.2) is 23.3 Å². The van der Waals surface area contributed by atoms with E-state index in [1.54, 1.807) is 11.3 Å². The van der Waals surface area contributed by atoms with Crippen LogP contribution in [0.1, 0.15) is 28.5 Å². The van der Waals surface area contributed by atoms with Gasteiger partial charge >= 0.3 is 0 Å². The zero-order chi connectivity index (χ0) is 19.2. The molecule has 6 heteroatoms. The molecule has 0 unspecified atom stereocenters. The molecule has 2 N–H and O–H groups in total. The van der Waals surface area contributed by atoms with Crippen LogP contribution in [0, 0.1) is 6.92 Å². The molecule has 0 fully saturated rings. The van der Waals surface area contributed by atoms with Gasteiger partial charge in [-0.25, -0.2) is 4.98 Å². The summed E-state index contributed by atoms with van der Waals surface area (Å²) in [5.74, 6) is -0.158. The van der Waals surface area contributed by atoms with E-state index < -0.39 is 0 Å². The Kier molecular flexibility index (Phi) is 5.98. The first kappa shape index (κ1) is 18.8. The van der Waals surface area contributed by atoms with E-state index in [9.17, 15) is 9.59 Å². The van der Waals surface area contributed by atoms with Gasteiger partial charge in [-0.2, -0.15) is 0 Å². The summed E-state index contributed by atoms with van der Waals surface area (Å²) < 4.78 is 0. The summed E-state index contributed by atoms with van der Waals surface area (Å²) in [7, 11) is 0. The molecule has 2 aromatic carbocycles. The van der Waals surface area contributed by atoms with E-state index in [2.05, 4.69) is 15.6 Å². The van der Waals surface area contributed by atoms with Gasteiger partial charge in [0, 0.05) is 42.1 Å². The van der Waals surface area contributed by atoms with Crippen molar-refractivity contribution in [2.45, 2.75) is 20.3 Å². The van der Waals surface area contributed by atoms with Gasteiger partial charge in [0.05, 0.1) is 5.69 Å². The van der Waals surface area contributed by atoms with Gasteiger partial charge in [0.1, 0.15) is 5.01 Å². The fraction of sp³-hybridized carbons (Fsp3) is 0.190. The zero-order valence-corrected chi connectivity index (χ0v) is 16.1. The van der Waals surface area contributed by atoms with E-state index in [0.29, 0.717) is 18.5 Å². The van der Waals surface area contributed by atoms with Gasteiger partial charge in [-0.15, -0.1) is 11.3 Å². The third-order valence-electron chi connectivity index (χ3n) is 3.95.